The second-order valence-corrected chi connectivity index (χ2v) is 4.65. The number of pyridine rings is 1. The lowest BCUT2D eigenvalue weighted by Crippen LogP contribution is -2.08. The standard InChI is InChI=1S/C15H14N2O3/c1-8(18)13-14-10(7-12(17-13)15(19)20-2)9-5-3-4-6-11(9)16-14/h3-8,16,18H,1-2H3. The molecule has 3 rings (SSSR count). The summed E-state index contributed by atoms with van der Waals surface area (Å²) in [4.78, 5) is 19.2. The summed E-state index contributed by atoms with van der Waals surface area (Å²) in [6, 6.07) is 9.44. The summed E-state index contributed by atoms with van der Waals surface area (Å²) >= 11 is 0. The Morgan fingerprint density at radius 1 is 1.35 bits per heavy atom. The highest BCUT2D eigenvalue weighted by molar-refractivity contribution is 6.09. The minimum absolute atomic E-state index is 0.195. The van der Waals surface area contributed by atoms with Crippen LogP contribution in [-0.4, -0.2) is 28.2 Å². The van der Waals surface area contributed by atoms with E-state index in [0.29, 0.717) is 5.69 Å². The molecule has 3 aromatic rings. The smallest absolute Gasteiger partial charge is 0.356 e. The summed E-state index contributed by atoms with van der Waals surface area (Å²) in [5, 5.41) is 11.7. The van der Waals surface area contributed by atoms with Crippen molar-refractivity contribution in [3.05, 3.63) is 41.7 Å². The van der Waals surface area contributed by atoms with E-state index in [-0.39, 0.29) is 5.69 Å². The van der Waals surface area contributed by atoms with Gasteiger partial charge in [0.05, 0.1) is 24.4 Å². The van der Waals surface area contributed by atoms with Crippen molar-refractivity contribution in [3.8, 4) is 0 Å². The molecular weight excluding hydrogens is 256 g/mol. The average Bonchev–Trinajstić information content (AvgIpc) is 2.83. The summed E-state index contributed by atoms with van der Waals surface area (Å²) in [6.07, 6.45) is -0.782. The van der Waals surface area contributed by atoms with E-state index < -0.39 is 12.1 Å². The number of hydrogen-bond acceptors (Lipinski definition) is 4. The largest absolute Gasteiger partial charge is 0.464 e. The number of aliphatic hydroxyl groups excluding tert-OH is 1. The maximum Gasteiger partial charge on any atom is 0.356 e. The molecule has 0 aliphatic rings. The Kier molecular flexibility index (Phi) is 2.91. The molecule has 20 heavy (non-hydrogen) atoms. The van der Waals surface area contributed by atoms with Gasteiger partial charge in [-0.2, -0.15) is 0 Å². The van der Waals surface area contributed by atoms with E-state index >= 15 is 0 Å². The molecule has 0 bridgehead atoms. The number of fused-ring (bicyclic) bond motifs is 3. The fourth-order valence-corrected chi connectivity index (χ4v) is 2.38. The number of H-pyrrole nitrogens is 1. The average molecular weight is 270 g/mol. The van der Waals surface area contributed by atoms with Gasteiger partial charge >= 0.3 is 5.97 Å². The number of para-hydroxylation sites is 1. The SMILES string of the molecule is COC(=O)c1cc2c([nH]c3ccccc32)c(C(C)O)n1. The number of carbonyl (C=O) groups excluding carboxylic acids is 1. The Balaban J connectivity index is 2.42. The van der Waals surface area contributed by atoms with Crippen LogP contribution >= 0.6 is 0 Å². The van der Waals surface area contributed by atoms with Crippen molar-refractivity contribution in [2.45, 2.75) is 13.0 Å². The molecule has 2 heterocycles. The fraction of sp³-hybridized carbons (Fsp3) is 0.200. The monoisotopic (exact) mass is 270 g/mol. The number of aromatic nitrogens is 2. The van der Waals surface area contributed by atoms with Crippen LogP contribution in [-0.2, 0) is 4.74 Å². The lowest BCUT2D eigenvalue weighted by Gasteiger charge is -2.07. The van der Waals surface area contributed by atoms with Crippen LogP contribution in [0.1, 0.15) is 29.2 Å². The molecule has 0 fully saturated rings. The molecule has 0 saturated heterocycles. The first kappa shape index (κ1) is 12.6. The second-order valence-electron chi connectivity index (χ2n) is 4.65. The number of rotatable bonds is 2. The first-order valence-electron chi connectivity index (χ1n) is 6.29. The van der Waals surface area contributed by atoms with Crippen LogP contribution in [0.5, 0.6) is 0 Å². The third-order valence-corrected chi connectivity index (χ3v) is 3.31. The minimum atomic E-state index is -0.782. The second kappa shape index (κ2) is 4.61. The van der Waals surface area contributed by atoms with Crippen LogP contribution in [0, 0.1) is 0 Å². The molecule has 102 valence electrons. The highest BCUT2D eigenvalue weighted by Crippen LogP contribution is 2.30. The van der Waals surface area contributed by atoms with E-state index in [1.54, 1.807) is 13.0 Å². The number of ether oxygens (including phenoxy) is 1. The van der Waals surface area contributed by atoms with Crippen LogP contribution in [0.3, 0.4) is 0 Å². The summed E-state index contributed by atoms with van der Waals surface area (Å²) in [7, 11) is 1.31. The van der Waals surface area contributed by atoms with Crippen molar-refractivity contribution in [3.63, 3.8) is 0 Å². The minimum Gasteiger partial charge on any atom is -0.464 e. The van der Waals surface area contributed by atoms with Gasteiger partial charge in [0.2, 0.25) is 0 Å². The first-order valence-corrected chi connectivity index (χ1v) is 6.29. The predicted octanol–water partition coefficient (Wildman–Crippen LogP) is 2.56. The molecule has 0 saturated carbocycles. The molecule has 1 unspecified atom stereocenters. The van der Waals surface area contributed by atoms with E-state index in [0.717, 1.165) is 21.8 Å². The molecule has 1 aromatic carbocycles. The summed E-state index contributed by atoms with van der Waals surface area (Å²) < 4.78 is 4.72. The van der Waals surface area contributed by atoms with Crippen molar-refractivity contribution in [1.29, 1.82) is 0 Å². The molecule has 1 atom stereocenters. The Labute approximate surface area is 115 Å². The molecule has 2 aromatic heterocycles. The van der Waals surface area contributed by atoms with Gasteiger partial charge < -0.3 is 14.8 Å². The highest BCUT2D eigenvalue weighted by Gasteiger charge is 2.18. The molecule has 0 spiro atoms. The summed E-state index contributed by atoms with van der Waals surface area (Å²) in [5.41, 5.74) is 2.32. The Bertz CT molecular complexity index is 805. The number of esters is 1. The van der Waals surface area contributed by atoms with Gasteiger partial charge in [-0.05, 0) is 19.1 Å². The normalized spacial score (nSPS) is 12.8. The van der Waals surface area contributed by atoms with Crippen LogP contribution < -0.4 is 0 Å². The maximum absolute atomic E-state index is 11.7. The molecule has 0 radical (unpaired) electrons. The zero-order valence-electron chi connectivity index (χ0n) is 11.2. The van der Waals surface area contributed by atoms with E-state index in [1.165, 1.54) is 7.11 Å². The third kappa shape index (κ3) is 1.83. The number of benzene rings is 1. The number of hydrogen-bond donors (Lipinski definition) is 2. The number of aliphatic hydroxyl groups is 1. The van der Waals surface area contributed by atoms with E-state index in [4.69, 9.17) is 4.74 Å². The summed E-state index contributed by atoms with van der Waals surface area (Å²) in [5.74, 6) is -0.515. The number of methoxy groups -OCH3 is 1. The van der Waals surface area contributed by atoms with Crippen molar-refractivity contribution in [2.24, 2.45) is 0 Å². The maximum atomic E-state index is 11.7. The van der Waals surface area contributed by atoms with Gasteiger partial charge in [0.25, 0.3) is 0 Å². The van der Waals surface area contributed by atoms with Crippen LogP contribution in [0.15, 0.2) is 30.3 Å². The van der Waals surface area contributed by atoms with Crippen LogP contribution in [0.25, 0.3) is 21.8 Å². The van der Waals surface area contributed by atoms with E-state index in [2.05, 4.69) is 9.97 Å². The van der Waals surface area contributed by atoms with Crippen molar-refractivity contribution in [2.75, 3.05) is 7.11 Å². The fourth-order valence-electron chi connectivity index (χ4n) is 2.38. The number of nitrogens with zero attached hydrogens (tertiary/aromatic N) is 1. The molecule has 0 aliphatic carbocycles. The van der Waals surface area contributed by atoms with Crippen LogP contribution in [0.4, 0.5) is 0 Å². The van der Waals surface area contributed by atoms with Crippen molar-refractivity contribution in [1.82, 2.24) is 9.97 Å². The van der Waals surface area contributed by atoms with Gasteiger partial charge in [0.1, 0.15) is 5.69 Å². The molecule has 5 nitrogen and oxygen atoms in total. The number of aromatic amines is 1. The van der Waals surface area contributed by atoms with Gasteiger partial charge in [-0.1, -0.05) is 18.2 Å². The van der Waals surface area contributed by atoms with Gasteiger partial charge in [-0.3, -0.25) is 0 Å². The molecule has 5 heteroatoms. The lowest BCUT2D eigenvalue weighted by molar-refractivity contribution is 0.0593. The zero-order chi connectivity index (χ0) is 14.3. The third-order valence-electron chi connectivity index (χ3n) is 3.31. The predicted molar refractivity (Wildman–Crippen MR) is 75.6 cm³/mol. The number of carbonyl (C=O) groups is 1. The van der Waals surface area contributed by atoms with Gasteiger partial charge in [0, 0.05) is 16.3 Å². The zero-order valence-corrected chi connectivity index (χ0v) is 11.2. The Hall–Kier alpha value is -2.40. The van der Waals surface area contributed by atoms with Gasteiger partial charge in [0.15, 0.2) is 0 Å². The van der Waals surface area contributed by atoms with E-state index in [1.807, 2.05) is 24.3 Å². The van der Waals surface area contributed by atoms with Crippen LogP contribution in [0.2, 0.25) is 0 Å². The van der Waals surface area contributed by atoms with E-state index in [9.17, 15) is 9.90 Å². The molecule has 0 amide bonds. The summed E-state index contributed by atoms with van der Waals surface area (Å²) in [6.45, 7) is 1.62. The molecular formula is C15H14N2O3. The topological polar surface area (TPSA) is 75.2 Å². The molecule has 0 aliphatic heterocycles. The highest BCUT2D eigenvalue weighted by atomic mass is 16.5. The van der Waals surface area contributed by atoms with Gasteiger partial charge in [-0.25, -0.2) is 9.78 Å². The van der Waals surface area contributed by atoms with Crippen molar-refractivity contribution < 1.29 is 14.6 Å². The quantitative estimate of drug-likeness (QED) is 0.702. The first-order chi connectivity index (χ1) is 9.61. The number of nitrogens with one attached hydrogen (secondary N) is 1. The van der Waals surface area contributed by atoms with Gasteiger partial charge in [-0.15, -0.1) is 0 Å². The Morgan fingerprint density at radius 2 is 2.10 bits per heavy atom. The molecule has 2 N–H and O–H groups in total. The lowest BCUT2D eigenvalue weighted by atomic mass is 10.1. The van der Waals surface area contributed by atoms with Crippen molar-refractivity contribution >= 4 is 27.8 Å². The Morgan fingerprint density at radius 3 is 2.80 bits per heavy atom.